The van der Waals surface area contributed by atoms with Gasteiger partial charge in [0.1, 0.15) is 0 Å². The number of carbonyl (C=O) groups is 2. The molecule has 0 radical (unpaired) electrons. The second-order valence-electron chi connectivity index (χ2n) is 7.39. The first-order chi connectivity index (χ1) is 15.5. The first kappa shape index (κ1) is 21.4. The first-order valence-corrected chi connectivity index (χ1v) is 10.4. The Labute approximate surface area is 184 Å². The summed E-state index contributed by atoms with van der Waals surface area (Å²) in [4.78, 5) is 41.7. The normalized spacial score (nSPS) is 13.8. The van der Waals surface area contributed by atoms with Gasteiger partial charge in [-0.3, -0.25) is 9.59 Å². The van der Waals surface area contributed by atoms with E-state index in [1.165, 1.54) is 17.0 Å². The number of esters is 1. The second-order valence-corrected chi connectivity index (χ2v) is 7.39. The quantitative estimate of drug-likeness (QED) is 0.566. The van der Waals surface area contributed by atoms with Crippen molar-refractivity contribution in [2.75, 3.05) is 37.7 Å². The van der Waals surface area contributed by atoms with Gasteiger partial charge in [-0.2, -0.15) is 9.78 Å². The van der Waals surface area contributed by atoms with E-state index in [0.717, 1.165) is 5.56 Å². The summed E-state index contributed by atoms with van der Waals surface area (Å²) in [6.07, 6.45) is 1.46. The van der Waals surface area contributed by atoms with Crippen LogP contribution in [0.25, 0.3) is 5.69 Å². The maximum Gasteiger partial charge on any atom is 0.360 e. The maximum atomic E-state index is 12.9. The molecule has 0 atom stereocenters. The molecule has 32 heavy (non-hydrogen) atoms. The van der Waals surface area contributed by atoms with Gasteiger partial charge < -0.3 is 19.0 Å². The Balaban J connectivity index is 1.64. The van der Waals surface area contributed by atoms with Crippen molar-refractivity contribution in [3.63, 3.8) is 0 Å². The SMILES string of the molecule is CCOC(=O)c1nn(-c2ccccc2C)c(=O)cc1N1CCN(C(=O)c2ccco2)CC1. The number of aryl methyl sites for hydroxylation is 1. The number of aromatic nitrogens is 2. The lowest BCUT2D eigenvalue weighted by atomic mass is 10.2. The molecule has 4 rings (SSSR count). The minimum absolute atomic E-state index is 0.0699. The minimum Gasteiger partial charge on any atom is -0.461 e. The lowest BCUT2D eigenvalue weighted by molar-refractivity contribution is 0.0516. The van der Waals surface area contributed by atoms with Crippen molar-refractivity contribution < 1.29 is 18.7 Å². The molecule has 3 heterocycles. The molecule has 0 aliphatic carbocycles. The van der Waals surface area contributed by atoms with Gasteiger partial charge in [0.25, 0.3) is 11.5 Å². The molecule has 9 nitrogen and oxygen atoms in total. The van der Waals surface area contributed by atoms with Crippen molar-refractivity contribution >= 4 is 17.6 Å². The van der Waals surface area contributed by atoms with Crippen LogP contribution in [0.5, 0.6) is 0 Å². The number of piperazine rings is 1. The molecular weight excluding hydrogens is 412 g/mol. The van der Waals surface area contributed by atoms with Crippen molar-refractivity contribution in [2.45, 2.75) is 13.8 Å². The van der Waals surface area contributed by atoms with Crippen LogP contribution in [0.2, 0.25) is 0 Å². The Morgan fingerprint density at radius 1 is 1.06 bits per heavy atom. The van der Waals surface area contributed by atoms with Gasteiger partial charge in [0.15, 0.2) is 11.5 Å². The predicted octanol–water partition coefficient (Wildman–Crippen LogP) is 2.27. The fourth-order valence-electron chi connectivity index (χ4n) is 3.71. The molecule has 0 N–H and O–H groups in total. The van der Waals surface area contributed by atoms with E-state index in [1.54, 1.807) is 30.0 Å². The molecule has 1 saturated heterocycles. The molecule has 1 aliphatic heterocycles. The second kappa shape index (κ2) is 9.09. The highest BCUT2D eigenvalue weighted by Crippen LogP contribution is 2.22. The number of nitrogens with zero attached hydrogens (tertiary/aromatic N) is 4. The van der Waals surface area contributed by atoms with Crippen LogP contribution in [-0.2, 0) is 4.74 Å². The van der Waals surface area contributed by atoms with Crippen LogP contribution in [0.3, 0.4) is 0 Å². The zero-order valence-electron chi connectivity index (χ0n) is 18.0. The molecule has 166 valence electrons. The number of anilines is 1. The molecule has 3 aromatic rings. The molecule has 1 aromatic carbocycles. The van der Waals surface area contributed by atoms with E-state index >= 15 is 0 Å². The van der Waals surface area contributed by atoms with Crippen LogP contribution in [0.1, 0.15) is 33.5 Å². The molecule has 1 fully saturated rings. The zero-order chi connectivity index (χ0) is 22.7. The Hall–Kier alpha value is -3.88. The van der Waals surface area contributed by atoms with Gasteiger partial charge in [0, 0.05) is 32.2 Å². The van der Waals surface area contributed by atoms with E-state index in [9.17, 15) is 14.4 Å². The topological polar surface area (TPSA) is 97.9 Å². The third-order valence-corrected chi connectivity index (χ3v) is 5.36. The summed E-state index contributed by atoms with van der Waals surface area (Å²) >= 11 is 0. The molecule has 9 heteroatoms. The highest BCUT2D eigenvalue weighted by molar-refractivity contribution is 5.94. The summed E-state index contributed by atoms with van der Waals surface area (Å²) in [6.45, 7) is 5.49. The zero-order valence-corrected chi connectivity index (χ0v) is 18.0. The van der Waals surface area contributed by atoms with E-state index in [1.807, 2.05) is 30.0 Å². The van der Waals surface area contributed by atoms with E-state index in [2.05, 4.69) is 5.10 Å². The third kappa shape index (κ3) is 4.14. The highest BCUT2D eigenvalue weighted by atomic mass is 16.5. The van der Waals surface area contributed by atoms with Gasteiger partial charge in [0.05, 0.1) is 24.2 Å². The minimum atomic E-state index is -0.598. The number of benzene rings is 1. The fraction of sp³-hybridized carbons (Fsp3) is 0.304. The molecule has 1 aliphatic rings. The number of hydrogen-bond donors (Lipinski definition) is 0. The molecule has 0 spiro atoms. The number of rotatable bonds is 5. The van der Waals surface area contributed by atoms with Gasteiger partial charge in [-0.1, -0.05) is 18.2 Å². The average Bonchev–Trinajstić information content (AvgIpc) is 3.34. The van der Waals surface area contributed by atoms with E-state index in [0.29, 0.717) is 37.6 Å². The van der Waals surface area contributed by atoms with Gasteiger partial charge in [-0.25, -0.2) is 4.79 Å². The van der Waals surface area contributed by atoms with Crippen molar-refractivity contribution in [1.29, 1.82) is 0 Å². The van der Waals surface area contributed by atoms with E-state index < -0.39 is 5.97 Å². The molecular formula is C23H24N4O5. The van der Waals surface area contributed by atoms with Crippen LogP contribution in [0.4, 0.5) is 5.69 Å². The molecule has 0 unspecified atom stereocenters. The van der Waals surface area contributed by atoms with E-state index in [-0.39, 0.29) is 29.5 Å². The first-order valence-electron chi connectivity index (χ1n) is 10.4. The standard InChI is InChI=1S/C23H24N4O5/c1-3-31-23(30)21-18(15-20(28)27(24-21)17-8-5-4-7-16(17)2)25-10-12-26(13-11-25)22(29)19-9-6-14-32-19/h4-9,14-15H,3,10-13H2,1-2H3. The average molecular weight is 436 g/mol. The Kier molecular flexibility index (Phi) is 6.07. The van der Waals surface area contributed by atoms with Gasteiger partial charge in [-0.15, -0.1) is 0 Å². The third-order valence-electron chi connectivity index (χ3n) is 5.36. The smallest absolute Gasteiger partial charge is 0.360 e. The summed E-state index contributed by atoms with van der Waals surface area (Å²) < 4.78 is 11.6. The number of hydrogen-bond acceptors (Lipinski definition) is 7. The number of carbonyl (C=O) groups excluding carboxylic acids is 2. The Morgan fingerprint density at radius 3 is 2.47 bits per heavy atom. The van der Waals surface area contributed by atoms with Crippen molar-refractivity contribution in [3.05, 3.63) is 76.1 Å². The van der Waals surface area contributed by atoms with E-state index in [4.69, 9.17) is 9.15 Å². The lowest BCUT2D eigenvalue weighted by Gasteiger charge is -2.36. The number of amides is 1. The summed E-state index contributed by atoms with van der Waals surface area (Å²) in [5.74, 6) is -0.500. The summed E-state index contributed by atoms with van der Waals surface area (Å²) in [6, 6.07) is 12.0. The predicted molar refractivity (Wildman–Crippen MR) is 117 cm³/mol. The molecule has 2 aromatic heterocycles. The van der Waals surface area contributed by atoms with Crippen molar-refractivity contribution in [3.8, 4) is 5.69 Å². The fourth-order valence-corrected chi connectivity index (χ4v) is 3.71. The summed E-state index contributed by atoms with van der Waals surface area (Å²) in [5.41, 5.74) is 1.58. The molecule has 0 bridgehead atoms. The molecule has 0 saturated carbocycles. The summed E-state index contributed by atoms with van der Waals surface area (Å²) in [5, 5.41) is 4.38. The largest absolute Gasteiger partial charge is 0.461 e. The van der Waals surface area contributed by atoms with Gasteiger partial charge >= 0.3 is 5.97 Å². The Morgan fingerprint density at radius 2 is 1.81 bits per heavy atom. The number of ether oxygens (including phenoxy) is 1. The molecule has 1 amide bonds. The monoisotopic (exact) mass is 436 g/mol. The van der Waals surface area contributed by atoms with Crippen LogP contribution in [0.15, 0.2) is 57.9 Å². The van der Waals surface area contributed by atoms with Gasteiger partial charge in [0.2, 0.25) is 0 Å². The lowest BCUT2D eigenvalue weighted by Crippen LogP contribution is -2.49. The van der Waals surface area contributed by atoms with Crippen LogP contribution >= 0.6 is 0 Å². The number of furan rings is 1. The maximum absolute atomic E-state index is 12.9. The van der Waals surface area contributed by atoms with Crippen LogP contribution in [-0.4, -0.2) is 59.3 Å². The Bertz CT molecular complexity index is 1180. The number of para-hydroxylation sites is 1. The van der Waals surface area contributed by atoms with Gasteiger partial charge in [-0.05, 0) is 37.6 Å². The summed E-state index contributed by atoms with van der Waals surface area (Å²) in [7, 11) is 0. The van der Waals surface area contributed by atoms with Crippen molar-refractivity contribution in [2.24, 2.45) is 0 Å². The van der Waals surface area contributed by atoms with Crippen molar-refractivity contribution in [1.82, 2.24) is 14.7 Å². The van der Waals surface area contributed by atoms with Crippen LogP contribution in [0, 0.1) is 6.92 Å². The van der Waals surface area contributed by atoms with Crippen LogP contribution < -0.4 is 10.5 Å². The highest BCUT2D eigenvalue weighted by Gasteiger charge is 2.28.